The molecule has 1 fully saturated rings. The first-order chi connectivity index (χ1) is 15.2. The Bertz CT molecular complexity index is 804. The van der Waals surface area contributed by atoms with Crippen LogP contribution in [0.2, 0.25) is 0 Å². The molecule has 0 aromatic carbocycles. The molecule has 178 valence electrons. The largest absolute Gasteiger partial charge is 0.480 e. The van der Waals surface area contributed by atoms with Crippen molar-refractivity contribution in [1.82, 2.24) is 25.5 Å². The lowest BCUT2D eigenvalue weighted by atomic mass is 9.98. The third kappa shape index (κ3) is 6.45. The fraction of sp³-hybridized carbons (Fsp3) is 0.650. The van der Waals surface area contributed by atoms with E-state index in [1.165, 1.54) is 17.4 Å². The number of carboxylic acid groups (broad SMARTS) is 1. The minimum atomic E-state index is -1.15. The first-order valence-electron chi connectivity index (χ1n) is 10.7. The third-order valence-corrected chi connectivity index (χ3v) is 6.13. The van der Waals surface area contributed by atoms with Crippen LogP contribution in [0.1, 0.15) is 38.8 Å². The average molecular weight is 469 g/mol. The lowest BCUT2D eigenvalue weighted by Crippen LogP contribution is -2.58. The number of hydrogen-bond donors (Lipinski definition) is 6. The van der Waals surface area contributed by atoms with Crippen molar-refractivity contribution < 1.29 is 24.3 Å². The van der Waals surface area contributed by atoms with E-state index in [1.807, 2.05) is 6.92 Å². The van der Waals surface area contributed by atoms with Gasteiger partial charge in [-0.2, -0.15) is 12.6 Å². The second kappa shape index (κ2) is 11.9. The Morgan fingerprint density at radius 2 is 2.09 bits per heavy atom. The van der Waals surface area contributed by atoms with Gasteiger partial charge in [0.1, 0.15) is 18.1 Å². The Balaban J connectivity index is 2.17. The minimum absolute atomic E-state index is 0.0846. The van der Waals surface area contributed by atoms with Crippen LogP contribution >= 0.6 is 12.6 Å². The van der Waals surface area contributed by atoms with E-state index in [0.29, 0.717) is 31.5 Å². The fourth-order valence-electron chi connectivity index (χ4n) is 3.62. The van der Waals surface area contributed by atoms with Crippen LogP contribution in [0.25, 0.3) is 0 Å². The Labute approximate surface area is 192 Å². The molecule has 0 bridgehead atoms. The molecular weight excluding hydrogens is 436 g/mol. The van der Waals surface area contributed by atoms with E-state index in [0.717, 1.165) is 0 Å². The van der Waals surface area contributed by atoms with Crippen molar-refractivity contribution in [3.8, 4) is 0 Å². The van der Waals surface area contributed by atoms with E-state index in [4.69, 9.17) is 5.73 Å². The minimum Gasteiger partial charge on any atom is -0.480 e. The van der Waals surface area contributed by atoms with Gasteiger partial charge in [-0.25, -0.2) is 9.78 Å². The van der Waals surface area contributed by atoms with Gasteiger partial charge in [-0.3, -0.25) is 14.4 Å². The number of nitrogens with two attached hydrogens (primary N) is 1. The number of thiol groups is 1. The molecule has 3 amide bonds. The summed E-state index contributed by atoms with van der Waals surface area (Å²) in [6.07, 6.45) is 4.69. The van der Waals surface area contributed by atoms with Crippen molar-refractivity contribution in [3.63, 3.8) is 0 Å². The lowest BCUT2D eigenvalue weighted by molar-refractivity contribution is -0.144. The second-order valence-corrected chi connectivity index (χ2v) is 8.40. The second-order valence-electron chi connectivity index (χ2n) is 8.03. The van der Waals surface area contributed by atoms with Crippen molar-refractivity contribution in [3.05, 3.63) is 18.2 Å². The maximum Gasteiger partial charge on any atom is 0.326 e. The van der Waals surface area contributed by atoms with Gasteiger partial charge in [-0.05, 0) is 18.8 Å². The third-order valence-electron chi connectivity index (χ3n) is 5.74. The van der Waals surface area contributed by atoms with Gasteiger partial charge in [0.25, 0.3) is 0 Å². The Kier molecular flexibility index (Phi) is 9.51. The van der Waals surface area contributed by atoms with Gasteiger partial charge in [0.15, 0.2) is 0 Å². The molecule has 1 aromatic heterocycles. The number of H-pyrrole nitrogens is 1. The first kappa shape index (κ1) is 25.7. The molecule has 0 radical (unpaired) electrons. The van der Waals surface area contributed by atoms with Crippen molar-refractivity contribution >= 4 is 36.3 Å². The van der Waals surface area contributed by atoms with Crippen LogP contribution in [-0.2, 0) is 25.6 Å². The highest BCUT2D eigenvalue weighted by Crippen LogP contribution is 2.19. The highest BCUT2D eigenvalue weighted by molar-refractivity contribution is 7.80. The molecule has 1 aromatic rings. The number of rotatable bonds is 11. The zero-order chi connectivity index (χ0) is 23.8. The number of carboxylic acids is 1. The normalized spacial score (nSPS) is 19.6. The van der Waals surface area contributed by atoms with Crippen LogP contribution in [0.3, 0.4) is 0 Å². The Morgan fingerprint density at radius 3 is 2.66 bits per heavy atom. The summed E-state index contributed by atoms with van der Waals surface area (Å²) in [6.45, 7) is 3.96. The number of aromatic nitrogens is 2. The van der Waals surface area contributed by atoms with Crippen molar-refractivity contribution in [2.24, 2.45) is 11.7 Å². The van der Waals surface area contributed by atoms with Gasteiger partial charge in [-0.15, -0.1) is 0 Å². The summed E-state index contributed by atoms with van der Waals surface area (Å²) in [5.41, 5.74) is 6.39. The Hall–Kier alpha value is -2.60. The molecule has 1 saturated heterocycles. The van der Waals surface area contributed by atoms with Gasteiger partial charge in [0, 0.05) is 30.6 Å². The molecule has 6 N–H and O–H groups in total. The number of imidazole rings is 1. The van der Waals surface area contributed by atoms with Crippen LogP contribution < -0.4 is 16.4 Å². The first-order valence-corrected chi connectivity index (χ1v) is 11.3. The van der Waals surface area contributed by atoms with Crippen LogP contribution in [-0.4, -0.2) is 80.1 Å². The zero-order valence-corrected chi connectivity index (χ0v) is 19.2. The number of likely N-dealkylation sites (tertiary alicyclic amines) is 1. The molecular formula is C20H32N6O5S. The number of nitrogens with zero attached hydrogens (tertiary/aromatic N) is 2. The summed E-state index contributed by atoms with van der Waals surface area (Å²) < 4.78 is 0. The summed E-state index contributed by atoms with van der Waals surface area (Å²) in [5.74, 6) is -2.77. The summed E-state index contributed by atoms with van der Waals surface area (Å²) in [6, 6.07) is -3.71. The molecule has 5 atom stereocenters. The number of carbonyl (C=O) groups excluding carboxylic acids is 3. The molecule has 0 saturated carbocycles. The topological polar surface area (TPSA) is 171 Å². The summed E-state index contributed by atoms with van der Waals surface area (Å²) in [5, 5.41) is 14.7. The maximum atomic E-state index is 13.0. The van der Waals surface area contributed by atoms with Gasteiger partial charge >= 0.3 is 5.97 Å². The van der Waals surface area contributed by atoms with Crippen LogP contribution in [0, 0.1) is 5.92 Å². The smallest absolute Gasteiger partial charge is 0.326 e. The van der Waals surface area contributed by atoms with Crippen LogP contribution in [0.5, 0.6) is 0 Å². The molecule has 12 heteroatoms. The van der Waals surface area contributed by atoms with Gasteiger partial charge in [0.2, 0.25) is 17.7 Å². The number of aliphatic carboxylic acids is 1. The molecule has 11 nitrogen and oxygen atoms in total. The number of nitrogens with one attached hydrogen (secondary N) is 3. The standard InChI is InChI=1S/C20H32N6O5S/c1-3-11(2)16(20(30)31)25-17(27)14(7-12-8-22-10-23-12)24-18(28)15-5-4-6-26(15)19(29)13(21)9-32/h8,10-11,13-16,32H,3-7,9,21H2,1-2H3,(H,22,23)(H,24,28)(H,25,27)(H,30,31). The SMILES string of the molecule is CCC(C)C(NC(=O)C(Cc1cnc[nH]1)NC(=O)C1CCCN1C(=O)C(N)CS)C(=O)O. The fourth-order valence-corrected chi connectivity index (χ4v) is 3.78. The van der Waals surface area contributed by atoms with Crippen LogP contribution in [0.15, 0.2) is 12.5 Å². The van der Waals surface area contributed by atoms with Gasteiger partial charge in [0.05, 0.1) is 12.4 Å². The Morgan fingerprint density at radius 1 is 1.38 bits per heavy atom. The lowest BCUT2D eigenvalue weighted by Gasteiger charge is -2.28. The van der Waals surface area contributed by atoms with Crippen molar-refractivity contribution in [1.29, 1.82) is 0 Å². The molecule has 32 heavy (non-hydrogen) atoms. The van der Waals surface area contributed by atoms with E-state index in [9.17, 15) is 24.3 Å². The monoisotopic (exact) mass is 468 g/mol. The molecule has 1 aliphatic rings. The zero-order valence-electron chi connectivity index (χ0n) is 18.3. The highest BCUT2D eigenvalue weighted by atomic mass is 32.1. The molecule has 1 aliphatic heterocycles. The number of amides is 3. The van der Waals surface area contributed by atoms with E-state index in [1.54, 1.807) is 6.92 Å². The predicted octanol–water partition coefficient (Wildman–Crippen LogP) is -0.699. The number of carbonyl (C=O) groups is 4. The predicted molar refractivity (Wildman–Crippen MR) is 120 cm³/mol. The van der Waals surface area contributed by atoms with E-state index in [-0.39, 0.29) is 24.0 Å². The molecule has 5 unspecified atom stereocenters. The van der Waals surface area contributed by atoms with Gasteiger partial charge < -0.3 is 31.4 Å². The molecule has 2 heterocycles. The summed E-state index contributed by atoms with van der Waals surface area (Å²) in [7, 11) is 0. The average Bonchev–Trinajstić information content (AvgIpc) is 3.46. The summed E-state index contributed by atoms with van der Waals surface area (Å²) in [4.78, 5) is 58.4. The van der Waals surface area contributed by atoms with E-state index in [2.05, 4.69) is 33.2 Å². The van der Waals surface area contributed by atoms with Gasteiger partial charge in [-0.1, -0.05) is 20.3 Å². The van der Waals surface area contributed by atoms with Crippen molar-refractivity contribution in [2.75, 3.05) is 12.3 Å². The quantitative estimate of drug-likeness (QED) is 0.233. The molecule has 2 rings (SSSR count). The molecule has 0 spiro atoms. The van der Waals surface area contributed by atoms with E-state index >= 15 is 0 Å². The summed E-state index contributed by atoms with van der Waals surface area (Å²) >= 11 is 4.05. The highest BCUT2D eigenvalue weighted by Gasteiger charge is 2.38. The van der Waals surface area contributed by atoms with Crippen molar-refractivity contribution in [2.45, 2.75) is 63.7 Å². The van der Waals surface area contributed by atoms with E-state index < -0.39 is 42.0 Å². The number of hydrogen-bond acceptors (Lipinski definition) is 7. The maximum absolute atomic E-state index is 13.0. The van der Waals surface area contributed by atoms with Crippen LogP contribution in [0.4, 0.5) is 0 Å². The number of aromatic amines is 1. The molecule has 0 aliphatic carbocycles.